The van der Waals surface area contributed by atoms with Gasteiger partial charge in [-0.2, -0.15) is 0 Å². The summed E-state index contributed by atoms with van der Waals surface area (Å²) in [6.07, 6.45) is 4.44. The van der Waals surface area contributed by atoms with Crippen molar-refractivity contribution in [2.75, 3.05) is 30.8 Å². The van der Waals surface area contributed by atoms with E-state index in [0.29, 0.717) is 35.9 Å². The van der Waals surface area contributed by atoms with E-state index < -0.39 is 23.5 Å². The van der Waals surface area contributed by atoms with Crippen LogP contribution in [0.4, 0.5) is 11.6 Å². The fraction of sp³-hybridized carbons (Fsp3) is 0.440. The summed E-state index contributed by atoms with van der Waals surface area (Å²) in [6, 6.07) is 5.90. The zero-order chi connectivity index (χ0) is 24.5. The number of rotatable bonds is 8. The Morgan fingerprint density at radius 3 is 2.59 bits per heavy atom. The van der Waals surface area contributed by atoms with Gasteiger partial charge < -0.3 is 26.4 Å². The van der Waals surface area contributed by atoms with Crippen LogP contribution in [0.25, 0.3) is 6.08 Å². The number of nitrogens with two attached hydrogens (primary N) is 1. The maximum absolute atomic E-state index is 12.9. The number of benzene rings is 1. The predicted octanol–water partition coefficient (Wildman–Crippen LogP) is 2.34. The molecule has 1 aromatic heterocycles. The Morgan fingerprint density at radius 1 is 1.24 bits per heavy atom. The Labute approximate surface area is 199 Å². The van der Waals surface area contributed by atoms with Crippen LogP contribution in [0.1, 0.15) is 52.6 Å². The summed E-state index contributed by atoms with van der Waals surface area (Å²) in [7, 11) is 1.28. The zero-order valence-electron chi connectivity index (χ0n) is 20.1. The van der Waals surface area contributed by atoms with E-state index in [1.165, 1.54) is 29.5 Å². The molecular weight excluding hydrogens is 432 g/mol. The topological polar surface area (TPSA) is 131 Å². The van der Waals surface area contributed by atoms with Crippen LogP contribution in [0.3, 0.4) is 0 Å². The molecule has 1 aromatic carbocycles. The first-order valence-corrected chi connectivity index (χ1v) is 11.5. The molecule has 0 spiro atoms. The van der Waals surface area contributed by atoms with Crippen molar-refractivity contribution < 1.29 is 14.3 Å². The van der Waals surface area contributed by atoms with Gasteiger partial charge in [0.25, 0.3) is 5.91 Å². The smallest absolute Gasteiger partial charge is 0.333 e. The number of esters is 1. The Kier molecular flexibility index (Phi) is 6.56. The van der Waals surface area contributed by atoms with Gasteiger partial charge in [-0.25, -0.2) is 14.8 Å². The summed E-state index contributed by atoms with van der Waals surface area (Å²) in [4.78, 5) is 33.9. The third-order valence-corrected chi connectivity index (χ3v) is 6.45. The largest absolute Gasteiger partial charge is 0.467 e. The molecule has 2 aliphatic rings. The maximum atomic E-state index is 12.9. The van der Waals surface area contributed by atoms with E-state index in [-0.39, 0.29) is 0 Å². The summed E-state index contributed by atoms with van der Waals surface area (Å²) in [5, 5.41) is 9.46. The van der Waals surface area contributed by atoms with Crippen LogP contribution in [0.15, 0.2) is 23.8 Å². The van der Waals surface area contributed by atoms with Crippen molar-refractivity contribution in [3.8, 4) is 0 Å². The number of carbonyl (C=O) groups is 2. The van der Waals surface area contributed by atoms with Crippen molar-refractivity contribution in [1.82, 2.24) is 15.3 Å². The van der Waals surface area contributed by atoms with Gasteiger partial charge in [-0.15, -0.1) is 0 Å². The number of ether oxygens (including phenoxy) is 1. The summed E-state index contributed by atoms with van der Waals surface area (Å²) >= 11 is 0. The van der Waals surface area contributed by atoms with Gasteiger partial charge in [-0.3, -0.25) is 4.79 Å². The molecule has 5 N–H and O–H groups in total. The van der Waals surface area contributed by atoms with Crippen molar-refractivity contribution in [2.24, 2.45) is 5.73 Å². The van der Waals surface area contributed by atoms with Crippen LogP contribution >= 0.6 is 0 Å². The second kappa shape index (κ2) is 9.42. The number of carbonyl (C=O) groups excluding carboxylic acids is 2. The molecule has 9 nitrogen and oxygen atoms in total. The van der Waals surface area contributed by atoms with Gasteiger partial charge >= 0.3 is 5.97 Å². The van der Waals surface area contributed by atoms with Crippen molar-refractivity contribution in [1.29, 1.82) is 0 Å². The number of methoxy groups -OCH3 is 1. The van der Waals surface area contributed by atoms with Crippen molar-refractivity contribution in [3.05, 3.63) is 51.9 Å². The molecule has 2 unspecified atom stereocenters. The quantitative estimate of drug-likeness (QED) is 0.346. The van der Waals surface area contributed by atoms with Crippen molar-refractivity contribution in [2.45, 2.75) is 51.6 Å². The van der Waals surface area contributed by atoms with E-state index in [9.17, 15) is 9.59 Å². The molecule has 9 heteroatoms. The number of fused-ring (bicyclic) bond motifs is 1. The maximum Gasteiger partial charge on any atom is 0.333 e. The molecule has 1 aliphatic heterocycles. The lowest BCUT2D eigenvalue weighted by atomic mass is 9.97. The Hall–Kier alpha value is -3.46. The van der Waals surface area contributed by atoms with Gasteiger partial charge in [0, 0.05) is 36.8 Å². The molecule has 1 amide bonds. The molecule has 1 fully saturated rings. The lowest BCUT2D eigenvalue weighted by Gasteiger charge is -2.19. The number of aromatic nitrogens is 2. The summed E-state index contributed by atoms with van der Waals surface area (Å²) in [5.41, 5.74) is 11.2. The number of anilines is 2. The van der Waals surface area contributed by atoms with E-state index in [4.69, 9.17) is 10.5 Å². The molecule has 34 heavy (non-hydrogen) atoms. The number of nitrogens with one attached hydrogen (secondary N) is 3. The fourth-order valence-electron chi connectivity index (χ4n) is 4.46. The minimum atomic E-state index is -1.17. The van der Waals surface area contributed by atoms with E-state index in [0.717, 1.165) is 19.4 Å². The Morgan fingerprint density at radius 2 is 1.94 bits per heavy atom. The highest BCUT2D eigenvalue weighted by molar-refractivity contribution is 6.01. The summed E-state index contributed by atoms with van der Waals surface area (Å²) in [6.45, 7) is 7.23. The molecule has 1 saturated carbocycles. The van der Waals surface area contributed by atoms with Gasteiger partial charge in [-0.05, 0) is 45.2 Å². The first-order chi connectivity index (χ1) is 16.2. The molecule has 2 atom stereocenters. The van der Waals surface area contributed by atoms with Gasteiger partial charge in [-0.1, -0.05) is 23.8 Å². The molecular formula is C25H32N6O3. The third-order valence-electron chi connectivity index (χ3n) is 6.45. The van der Waals surface area contributed by atoms with Gasteiger partial charge in [0.15, 0.2) is 5.54 Å². The molecule has 2 heterocycles. The summed E-state index contributed by atoms with van der Waals surface area (Å²) < 4.78 is 4.81. The number of amides is 1. The van der Waals surface area contributed by atoms with Gasteiger partial charge in [0.2, 0.25) is 5.95 Å². The van der Waals surface area contributed by atoms with Crippen LogP contribution in [0.2, 0.25) is 0 Å². The number of aryl methyl sites for hydroxylation is 3. The highest BCUT2D eigenvalue weighted by Gasteiger charge is 2.61. The molecule has 180 valence electrons. The molecule has 0 radical (unpaired) electrons. The minimum Gasteiger partial charge on any atom is -0.467 e. The lowest BCUT2D eigenvalue weighted by Crippen LogP contribution is -2.48. The van der Waals surface area contributed by atoms with Gasteiger partial charge in [0.05, 0.1) is 24.1 Å². The second-order valence-electron chi connectivity index (χ2n) is 9.07. The van der Waals surface area contributed by atoms with E-state index in [2.05, 4.69) is 57.1 Å². The fourth-order valence-corrected chi connectivity index (χ4v) is 4.46. The zero-order valence-corrected chi connectivity index (χ0v) is 20.1. The monoisotopic (exact) mass is 464 g/mol. The normalized spacial score (nSPS) is 20.5. The molecule has 2 aromatic rings. The first-order valence-electron chi connectivity index (χ1n) is 11.5. The highest BCUT2D eigenvalue weighted by Crippen LogP contribution is 2.36. The lowest BCUT2D eigenvalue weighted by molar-refractivity contribution is -0.144. The molecule has 4 rings (SSSR count). The van der Waals surface area contributed by atoms with Crippen LogP contribution < -0.4 is 21.7 Å². The molecule has 0 saturated heterocycles. The van der Waals surface area contributed by atoms with E-state index >= 15 is 0 Å². The average Bonchev–Trinajstić information content (AvgIpc) is 3.45. The highest BCUT2D eigenvalue weighted by atomic mass is 16.5. The third kappa shape index (κ3) is 4.61. The van der Waals surface area contributed by atoms with E-state index in [1.54, 1.807) is 13.8 Å². The first kappa shape index (κ1) is 23.7. The number of nitrogens with zero attached hydrogens (tertiary/aromatic N) is 2. The molecule has 1 aliphatic carbocycles. The summed E-state index contributed by atoms with van der Waals surface area (Å²) in [5.74, 6) is -0.487. The van der Waals surface area contributed by atoms with Crippen LogP contribution in [0.5, 0.6) is 0 Å². The SMILES string of the molecule is COC(=O)C1(NC(=O)c2c(C)nc(NCCCc3cccc4c3C=C(C)CN4)nc2C)CC1N. The minimum absolute atomic E-state index is 0.346. The average molecular weight is 465 g/mol. The molecule has 0 bridgehead atoms. The Bertz CT molecular complexity index is 1140. The van der Waals surface area contributed by atoms with E-state index in [1.807, 2.05) is 0 Å². The van der Waals surface area contributed by atoms with Crippen LogP contribution in [0, 0.1) is 13.8 Å². The Balaban J connectivity index is 1.37. The number of hydrogen-bond donors (Lipinski definition) is 4. The second-order valence-corrected chi connectivity index (χ2v) is 9.07. The van der Waals surface area contributed by atoms with Crippen LogP contribution in [-0.4, -0.2) is 53.6 Å². The number of hydrogen-bond acceptors (Lipinski definition) is 8. The van der Waals surface area contributed by atoms with Crippen LogP contribution in [-0.2, 0) is 16.0 Å². The van der Waals surface area contributed by atoms with Crippen molar-refractivity contribution in [3.63, 3.8) is 0 Å². The van der Waals surface area contributed by atoms with Gasteiger partial charge in [0.1, 0.15) is 0 Å². The van der Waals surface area contributed by atoms with Crippen molar-refractivity contribution >= 4 is 29.6 Å². The standard InChI is InChI=1S/C25H32N6O3/c1-14-11-18-17(7-5-9-19(18)28-13-14)8-6-10-27-24-29-15(2)21(16(3)30-24)22(32)31-25(12-20(25)26)23(33)34-4/h5,7,9,11,20,28H,6,8,10,12-13,26H2,1-4H3,(H,31,32)(H,27,29,30). The predicted molar refractivity (Wildman–Crippen MR) is 132 cm³/mol.